The molecule has 1 rings (SSSR count). The van der Waals surface area contributed by atoms with E-state index in [0.717, 1.165) is 24.5 Å². The molecule has 0 aromatic heterocycles. The van der Waals surface area contributed by atoms with Crippen LogP contribution in [0.15, 0.2) is 16.8 Å². The smallest absolute Gasteiger partial charge is 0.213 e. The number of aliphatic imine (C=N–C) groups is 1. The first-order chi connectivity index (χ1) is 6.42. The Morgan fingerprint density at radius 3 is 2.64 bits per heavy atom. The van der Waals surface area contributed by atoms with E-state index in [0.29, 0.717) is 5.92 Å². The maximum absolute atomic E-state index is 5.57. The maximum atomic E-state index is 5.57. The Labute approximate surface area is 86.0 Å². The predicted molar refractivity (Wildman–Crippen MR) is 59.2 cm³/mol. The number of hydrogen-bond acceptors (Lipinski definition) is 3. The fourth-order valence-corrected chi connectivity index (χ4v) is 1.38. The molecule has 14 heavy (non-hydrogen) atoms. The van der Waals surface area contributed by atoms with E-state index in [9.17, 15) is 0 Å². The maximum Gasteiger partial charge on any atom is 0.213 e. The SMILES string of the molecule is CC1COC(=N/C(C)(C)C)/C(=C\N)C1. The van der Waals surface area contributed by atoms with Gasteiger partial charge in [-0.25, -0.2) is 4.99 Å². The van der Waals surface area contributed by atoms with Crippen molar-refractivity contribution in [1.82, 2.24) is 0 Å². The van der Waals surface area contributed by atoms with Gasteiger partial charge in [0.15, 0.2) is 0 Å². The summed E-state index contributed by atoms with van der Waals surface area (Å²) in [6.45, 7) is 9.05. The van der Waals surface area contributed by atoms with Gasteiger partial charge in [-0.2, -0.15) is 0 Å². The third-order valence-corrected chi connectivity index (χ3v) is 1.99. The van der Waals surface area contributed by atoms with E-state index in [-0.39, 0.29) is 5.54 Å². The van der Waals surface area contributed by atoms with Crippen molar-refractivity contribution >= 4 is 5.90 Å². The molecule has 1 heterocycles. The second-order valence-electron chi connectivity index (χ2n) is 4.90. The number of nitrogens with two attached hydrogens (primary N) is 1. The molecule has 1 unspecified atom stereocenters. The van der Waals surface area contributed by atoms with Crippen LogP contribution in [0, 0.1) is 5.92 Å². The van der Waals surface area contributed by atoms with Gasteiger partial charge in [0, 0.05) is 11.8 Å². The summed E-state index contributed by atoms with van der Waals surface area (Å²) in [5, 5.41) is 0. The second kappa shape index (κ2) is 4.03. The van der Waals surface area contributed by atoms with Crippen LogP contribution in [-0.2, 0) is 4.74 Å². The number of ether oxygens (including phenoxy) is 1. The lowest BCUT2D eigenvalue weighted by atomic mass is 9.99. The zero-order chi connectivity index (χ0) is 10.8. The van der Waals surface area contributed by atoms with Crippen molar-refractivity contribution in [3.05, 3.63) is 11.8 Å². The standard InChI is InChI=1S/C11H20N2O/c1-8-5-9(6-12)10(14-7-8)13-11(2,3)4/h6,8H,5,7,12H2,1-4H3/b9-6-,13-10+. The first kappa shape index (κ1) is 11.1. The molecule has 3 heteroatoms. The van der Waals surface area contributed by atoms with Crippen molar-refractivity contribution in [2.75, 3.05) is 6.61 Å². The Balaban J connectivity index is 2.84. The van der Waals surface area contributed by atoms with Gasteiger partial charge in [0.2, 0.25) is 5.90 Å². The first-order valence-electron chi connectivity index (χ1n) is 5.06. The van der Waals surface area contributed by atoms with Gasteiger partial charge < -0.3 is 10.5 Å². The van der Waals surface area contributed by atoms with Crippen LogP contribution in [0.4, 0.5) is 0 Å². The zero-order valence-electron chi connectivity index (χ0n) is 9.50. The second-order valence-corrected chi connectivity index (χ2v) is 4.90. The highest BCUT2D eigenvalue weighted by Crippen LogP contribution is 2.22. The minimum absolute atomic E-state index is 0.107. The molecular weight excluding hydrogens is 176 g/mol. The Morgan fingerprint density at radius 1 is 1.50 bits per heavy atom. The van der Waals surface area contributed by atoms with Gasteiger partial charge in [0.1, 0.15) is 0 Å². The Morgan fingerprint density at radius 2 is 2.14 bits per heavy atom. The van der Waals surface area contributed by atoms with Crippen molar-refractivity contribution in [1.29, 1.82) is 0 Å². The Hall–Kier alpha value is -0.990. The van der Waals surface area contributed by atoms with Crippen LogP contribution in [0.2, 0.25) is 0 Å². The van der Waals surface area contributed by atoms with Crippen LogP contribution >= 0.6 is 0 Å². The Bertz CT molecular complexity index is 261. The van der Waals surface area contributed by atoms with E-state index < -0.39 is 0 Å². The average molecular weight is 196 g/mol. The molecule has 1 fully saturated rings. The average Bonchev–Trinajstić information content (AvgIpc) is 2.06. The number of nitrogens with zero attached hydrogens (tertiary/aromatic N) is 1. The molecule has 80 valence electrons. The summed E-state index contributed by atoms with van der Waals surface area (Å²) in [7, 11) is 0. The first-order valence-corrected chi connectivity index (χ1v) is 5.06. The molecule has 3 nitrogen and oxygen atoms in total. The van der Waals surface area contributed by atoms with Gasteiger partial charge in [0.25, 0.3) is 0 Å². The molecule has 0 aromatic rings. The normalized spacial score (nSPS) is 29.3. The molecule has 0 aliphatic carbocycles. The van der Waals surface area contributed by atoms with Crippen LogP contribution in [0.5, 0.6) is 0 Å². The topological polar surface area (TPSA) is 47.6 Å². The van der Waals surface area contributed by atoms with Crippen LogP contribution in [-0.4, -0.2) is 18.0 Å². The molecule has 1 saturated heterocycles. The zero-order valence-corrected chi connectivity index (χ0v) is 9.50. The summed E-state index contributed by atoms with van der Waals surface area (Å²) in [6, 6.07) is 0. The van der Waals surface area contributed by atoms with Gasteiger partial charge in [-0.15, -0.1) is 0 Å². The molecule has 1 aliphatic heterocycles. The molecule has 0 radical (unpaired) electrons. The van der Waals surface area contributed by atoms with E-state index in [4.69, 9.17) is 10.5 Å². The largest absolute Gasteiger partial charge is 0.477 e. The Kier molecular flexibility index (Phi) is 3.19. The van der Waals surface area contributed by atoms with Crippen molar-refractivity contribution in [3.63, 3.8) is 0 Å². The number of rotatable bonds is 0. The van der Waals surface area contributed by atoms with Gasteiger partial charge in [0.05, 0.1) is 12.1 Å². The van der Waals surface area contributed by atoms with Crippen LogP contribution in [0.25, 0.3) is 0 Å². The quantitative estimate of drug-likeness (QED) is 0.645. The summed E-state index contributed by atoms with van der Waals surface area (Å²) < 4.78 is 5.57. The predicted octanol–water partition coefficient (Wildman–Crippen LogP) is 2.08. The lowest BCUT2D eigenvalue weighted by Crippen LogP contribution is -2.26. The summed E-state index contributed by atoms with van der Waals surface area (Å²) in [6.07, 6.45) is 2.58. The third-order valence-electron chi connectivity index (χ3n) is 1.99. The van der Waals surface area contributed by atoms with Gasteiger partial charge >= 0.3 is 0 Å². The highest BCUT2D eigenvalue weighted by atomic mass is 16.5. The van der Waals surface area contributed by atoms with Crippen molar-refractivity contribution in [2.45, 2.75) is 39.7 Å². The van der Waals surface area contributed by atoms with E-state index in [1.165, 1.54) is 0 Å². The molecule has 1 aliphatic rings. The molecule has 0 spiro atoms. The summed E-state index contributed by atoms with van der Waals surface area (Å²) in [4.78, 5) is 4.50. The summed E-state index contributed by atoms with van der Waals surface area (Å²) in [5.74, 6) is 1.25. The molecule has 0 aromatic carbocycles. The minimum Gasteiger partial charge on any atom is -0.477 e. The minimum atomic E-state index is -0.107. The molecule has 0 bridgehead atoms. The van der Waals surface area contributed by atoms with E-state index in [2.05, 4.69) is 32.7 Å². The number of hydrogen-bond donors (Lipinski definition) is 1. The monoisotopic (exact) mass is 196 g/mol. The van der Waals surface area contributed by atoms with E-state index in [1.807, 2.05) is 0 Å². The molecular formula is C11H20N2O. The van der Waals surface area contributed by atoms with Gasteiger partial charge in [-0.05, 0) is 33.1 Å². The van der Waals surface area contributed by atoms with Gasteiger partial charge in [-0.1, -0.05) is 6.92 Å². The van der Waals surface area contributed by atoms with Crippen LogP contribution in [0.1, 0.15) is 34.1 Å². The molecule has 2 N–H and O–H groups in total. The van der Waals surface area contributed by atoms with Gasteiger partial charge in [-0.3, -0.25) is 0 Å². The summed E-state index contributed by atoms with van der Waals surface area (Å²) in [5.41, 5.74) is 6.47. The van der Waals surface area contributed by atoms with E-state index >= 15 is 0 Å². The van der Waals surface area contributed by atoms with Crippen molar-refractivity contribution in [2.24, 2.45) is 16.6 Å². The highest BCUT2D eigenvalue weighted by Gasteiger charge is 2.22. The lowest BCUT2D eigenvalue weighted by Gasteiger charge is -2.25. The highest BCUT2D eigenvalue weighted by molar-refractivity contribution is 5.94. The van der Waals surface area contributed by atoms with Crippen molar-refractivity contribution < 1.29 is 4.74 Å². The molecule has 1 atom stereocenters. The van der Waals surface area contributed by atoms with E-state index in [1.54, 1.807) is 6.20 Å². The molecule has 0 saturated carbocycles. The summed E-state index contributed by atoms with van der Waals surface area (Å²) >= 11 is 0. The fourth-order valence-electron chi connectivity index (χ4n) is 1.38. The third kappa shape index (κ3) is 3.05. The molecule has 0 amide bonds. The lowest BCUT2D eigenvalue weighted by molar-refractivity contribution is 0.223. The fraction of sp³-hybridized carbons (Fsp3) is 0.727. The van der Waals surface area contributed by atoms with Crippen LogP contribution < -0.4 is 5.73 Å². The van der Waals surface area contributed by atoms with Crippen molar-refractivity contribution in [3.8, 4) is 0 Å². The van der Waals surface area contributed by atoms with Crippen LogP contribution in [0.3, 0.4) is 0 Å².